The van der Waals surface area contributed by atoms with Crippen LogP contribution in [0.1, 0.15) is 106 Å². The molecule has 3 nitrogen and oxygen atoms in total. The Balaban J connectivity index is 1.67. The van der Waals surface area contributed by atoms with Gasteiger partial charge in [0.15, 0.2) is 0 Å². The molecule has 4 rings (SSSR count). The normalized spacial score (nSPS) is 43.8. The van der Waals surface area contributed by atoms with Crippen LogP contribution in [0.5, 0.6) is 0 Å². The maximum absolute atomic E-state index is 11.8. The summed E-state index contributed by atoms with van der Waals surface area (Å²) in [5, 5.41) is 3.38. The minimum absolute atomic E-state index is 0.0404. The summed E-state index contributed by atoms with van der Waals surface area (Å²) in [6, 6.07) is 0. The van der Waals surface area contributed by atoms with E-state index in [0.29, 0.717) is 16.7 Å². The molecule has 32 heavy (non-hydrogen) atoms. The molecule has 4 aliphatic rings. The number of hydrogen-bond donors (Lipinski definition) is 1. The average molecular weight is 444 g/mol. The lowest BCUT2D eigenvalue weighted by Crippen LogP contribution is -2.55. The van der Waals surface area contributed by atoms with Crippen LogP contribution in [0.15, 0.2) is 11.1 Å². The summed E-state index contributed by atoms with van der Waals surface area (Å²) in [5.41, 5.74) is 4.80. The van der Waals surface area contributed by atoms with E-state index in [9.17, 15) is 4.79 Å². The fourth-order valence-corrected chi connectivity index (χ4v) is 9.60. The second-order valence-corrected chi connectivity index (χ2v) is 13.2. The third-order valence-electron chi connectivity index (χ3n) is 11.6. The fourth-order valence-electron chi connectivity index (χ4n) is 9.60. The molecule has 1 N–H and O–H groups in total. The lowest BCUT2D eigenvalue weighted by molar-refractivity contribution is -0.167. The molecule has 0 bridgehead atoms. The molecule has 0 aromatic carbocycles. The summed E-state index contributed by atoms with van der Waals surface area (Å²) in [6.45, 7) is 17.8. The summed E-state index contributed by atoms with van der Waals surface area (Å²) in [7, 11) is 2.09. The third-order valence-corrected chi connectivity index (χ3v) is 11.6. The van der Waals surface area contributed by atoms with E-state index in [1.807, 2.05) is 11.1 Å². The van der Waals surface area contributed by atoms with Gasteiger partial charge in [-0.25, -0.2) is 0 Å². The van der Waals surface area contributed by atoms with E-state index in [1.165, 1.54) is 51.4 Å². The number of esters is 1. The largest absolute Gasteiger partial charge is 0.462 e. The number of carbonyl (C=O) groups is 1. The predicted molar refractivity (Wildman–Crippen MR) is 132 cm³/mol. The maximum atomic E-state index is 11.8. The van der Waals surface area contributed by atoms with Gasteiger partial charge in [-0.1, -0.05) is 52.7 Å². The highest BCUT2D eigenvalue weighted by Gasteiger charge is 2.63. The van der Waals surface area contributed by atoms with Crippen molar-refractivity contribution in [3.63, 3.8) is 0 Å². The first-order valence-corrected chi connectivity index (χ1v) is 13.5. The Labute approximate surface area is 197 Å². The Morgan fingerprint density at radius 1 is 1.03 bits per heavy atom. The van der Waals surface area contributed by atoms with Crippen molar-refractivity contribution in [3.8, 4) is 0 Å². The van der Waals surface area contributed by atoms with E-state index in [-0.39, 0.29) is 22.9 Å². The van der Waals surface area contributed by atoms with Crippen LogP contribution in [0, 0.1) is 39.4 Å². The Morgan fingerprint density at radius 2 is 1.75 bits per heavy atom. The maximum Gasteiger partial charge on any atom is 0.302 e. The Bertz CT molecular complexity index is 784. The fraction of sp³-hybridized carbons (Fsp3) is 0.897. The van der Waals surface area contributed by atoms with Crippen LogP contribution in [0.25, 0.3) is 0 Å². The molecule has 0 spiro atoms. The topological polar surface area (TPSA) is 38.3 Å². The number of rotatable bonds is 5. The van der Waals surface area contributed by atoms with Crippen molar-refractivity contribution in [2.75, 3.05) is 13.6 Å². The van der Waals surface area contributed by atoms with Crippen LogP contribution in [-0.4, -0.2) is 25.7 Å². The van der Waals surface area contributed by atoms with Crippen LogP contribution in [0.4, 0.5) is 0 Å². The summed E-state index contributed by atoms with van der Waals surface area (Å²) in [4.78, 5) is 11.8. The zero-order valence-electron chi connectivity index (χ0n) is 22.2. The molecule has 3 heteroatoms. The smallest absolute Gasteiger partial charge is 0.302 e. The molecule has 0 saturated heterocycles. The van der Waals surface area contributed by atoms with E-state index in [2.05, 4.69) is 53.9 Å². The molecule has 0 heterocycles. The van der Waals surface area contributed by atoms with Crippen molar-refractivity contribution in [2.45, 2.75) is 112 Å². The zero-order chi connectivity index (χ0) is 23.5. The lowest BCUT2D eigenvalue weighted by atomic mass is 9.43. The van der Waals surface area contributed by atoms with E-state index in [4.69, 9.17) is 4.74 Å². The van der Waals surface area contributed by atoms with Crippen LogP contribution in [0.2, 0.25) is 0 Å². The summed E-state index contributed by atoms with van der Waals surface area (Å²) in [6.07, 6.45) is 11.5. The van der Waals surface area contributed by atoms with Crippen molar-refractivity contribution in [3.05, 3.63) is 11.1 Å². The summed E-state index contributed by atoms with van der Waals surface area (Å²) in [5.74, 6) is 2.12. The van der Waals surface area contributed by atoms with Crippen LogP contribution in [-0.2, 0) is 9.53 Å². The monoisotopic (exact) mass is 443 g/mol. The van der Waals surface area contributed by atoms with Gasteiger partial charge in [0.1, 0.15) is 6.10 Å². The number of allylic oxidation sites excluding steroid dienone is 2. The van der Waals surface area contributed by atoms with Gasteiger partial charge in [-0.2, -0.15) is 0 Å². The number of nitrogens with one attached hydrogen (secondary N) is 1. The first kappa shape index (κ1) is 24.3. The molecular formula is C29H49NO2. The molecule has 0 amide bonds. The summed E-state index contributed by atoms with van der Waals surface area (Å²) >= 11 is 0. The molecule has 2 saturated carbocycles. The Morgan fingerprint density at radius 3 is 2.41 bits per heavy atom. The Kier molecular flexibility index (Phi) is 6.18. The van der Waals surface area contributed by atoms with E-state index < -0.39 is 0 Å². The average Bonchev–Trinajstić information content (AvgIpc) is 3.00. The number of carbonyl (C=O) groups excluding carboxylic acids is 1. The van der Waals surface area contributed by atoms with Gasteiger partial charge < -0.3 is 10.1 Å². The molecule has 0 radical (unpaired) electrons. The van der Waals surface area contributed by atoms with Crippen LogP contribution in [0.3, 0.4) is 0 Å². The van der Waals surface area contributed by atoms with Crippen molar-refractivity contribution < 1.29 is 9.53 Å². The predicted octanol–water partition coefficient (Wildman–Crippen LogP) is 6.91. The first-order chi connectivity index (χ1) is 14.9. The molecule has 0 aromatic heterocycles. The SMILES string of the molecule is CNCC[C@@H](C)[C@H]1CC[C@@]2(C)C3=C(CC[C@]12C)[C@@]1(C)CC[C@H](OC(C)=O)C(C)(C)[C@@H]1CC3. The standard InChI is InChI=1S/C29H49NO2/c1-19(14-18-30-8)21-11-16-29(7)23-9-10-24-26(3,4)25(32-20(2)31)13-15-27(24,5)22(23)12-17-28(21,29)6/h19,21,24-25,30H,9-18H2,1-8H3/t19-,21-,24+,25+,27-,28-,29+/m1/s1. The van der Waals surface area contributed by atoms with Gasteiger partial charge in [0.25, 0.3) is 0 Å². The number of ether oxygens (including phenoxy) is 1. The quantitative estimate of drug-likeness (QED) is 0.370. The molecule has 4 aliphatic carbocycles. The van der Waals surface area contributed by atoms with Gasteiger partial charge in [0.2, 0.25) is 0 Å². The van der Waals surface area contributed by atoms with Crippen molar-refractivity contribution in [1.82, 2.24) is 5.32 Å². The first-order valence-electron chi connectivity index (χ1n) is 13.5. The van der Waals surface area contributed by atoms with Gasteiger partial charge >= 0.3 is 5.97 Å². The van der Waals surface area contributed by atoms with Gasteiger partial charge in [-0.05, 0) is 105 Å². The van der Waals surface area contributed by atoms with Crippen molar-refractivity contribution in [1.29, 1.82) is 0 Å². The molecule has 7 atom stereocenters. The molecule has 182 valence electrons. The Hall–Kier alpha value is -0.830. The minimum atomic E-state index is -0.118. The van der Waals surface area contributed by atoms with Crippen LogP contribution < -0.4 is 5.32 Å². The summed E-state index contributed by atoms with van der Waals surface area (Å²) < 4.78 is 5.85. The van der Waals surface area contributed by atoms with E-state index >= 15 is 0 Å². The minimum Gasteiger partial charge on any atom is -0.462 e. The lowest BCUT2D eigenvalue weighted by Gasteiger charge is -2.62. The second-order valence-electron chi connectivity index (χ2n) is 13.2. The van der Waals surface area contributed by atoms with E-state index in [1.54, 1.807) is 6.92 Å². The highest BCUT2D eigenvalue weighted by atomic mass is 16.5. The van der Waals surface area contributed by atoms with Gasteiger partial charge in [-0.15, -0.1) is 0 Å². The highest BCUT2D eigenvalue weighted by Crippen LogP contribution is 2.72. The van der Waals surface area contributed by atoms with Gasteiger partial charge in [0.05, 0.1) is 0 Å². The van der Waals surface area contributed by atoms with Crippen molar-refractivity contribution >= 4 is 5.97 Å². The van der Waals surface area contributed by atoms with E-state index in [0.717, 1.165) is 24.8 Å². The molecule has 0 aliphatic heterocycles. The number of fused-ring (bicyclic) bond motifs is 4. The zero-order valence-corrected chi connectivity index (χ0v) is 22.2. The molecule has 0 unspecified atom stereocenters. The third kappa shape index (κ3) is 3.35. The van der Waals surface area contributed by atoms with Gasteiger partial charge in [0, 0.05) is 12.3 Å². The highest BCUT2D eigenvalue weighted by molar-refractivity contribution is 5.66. The molecule has 2 fully saturated rings. The van der Waals surface area contributed by atoms with Crippen LogP contribution >= 0.6 is 0 Å². The molecule has 0 aromatic rings. The second kappa shape index (κ2) is 8.14. The number of hydrogen-bond acceptors (Lipinski definition) is 3. The van der Waals surface area contributed by atoms with Crippen molar-refractivity contribution in [2.24, 2.45) is 39.4 Å². The molecular weight excluding hydrogens is 394 g/mol. The van der Waals surface area contributed by atoms with Gasteiger partial charge in [-0.3, -0.25) is 4.79 Å².